The van der Waals surface area contributed by atoms with E-state index in [2.05, 4.69) is 5.32 Å². The third-order valence-corrected chi connectivity index (χ3v) is 5.32. The summed E-state index contributed by atoms with van der Waals surface area (Å²) in [5.41, 5.74) is -0.552. The predicted octanol–water partition coefficient (Wildman–Crippen LogP) is 3.76. The number of benzene rings is 2. The van der Waals surface area contributed by atoms with Crippen LogP contribution in [-0.4, -0.2) is 56.1 Å². The number of hydrogen-bond acceptors (Lipinski definition) is 7. The van der Waals surface area contributed by atoms with Crippen molar-refractivity contribution in [3.05, 3.63) is 50.5 Å². The van der Waals surface area contributed by atoms with Gasteiger partial charge in [0, 0.05) is 24.2 Å². The molecule has 1 saturated heterocycles. The van der Waals surface area contributed by atoms with Crippen LogP contribution in [0.4, 0.5) is 11.4 Å². The van der Waals surface area contributed by atoms with Gasteiger partial charge in [0.1, 0.15) is 5.56 Å². The van der Waals surface area contributed by atoms with E-state index in [1.807, 2.05) is 0 Å². The Morgan fingerprint density at radius 3 is 2.25 bits per heavy atom. The molecule has 1 aliphatic heterocycles. The number of ether oxygens (including phenoxy) is 3. The van der Waals surface area contributed by atoms with E-state index in [0.29, 0.717) is 13.1 Å². The maximum absolute atomic E-state index is 13.1. The van der Waals surface area contributed by atoms with Gasteiger partial charge in [-0.2, -0.15) is 0 Å². The lowest BCUT2D eigenvalue weighted by molar-refractivity contribution is -0.386. The van der Waals surface area contributed by atoms with E-state index in [4.69, 9.17) is 25.8 Å². The van der Waals surface area contributed by atoms with Crippen LogP contribution >= 0.6 is 11.6 Å². The van der Waals surface area contributed by atoms with Gasteiger partial charge in [0.25, 0.3) is 11.8 Å². The number of nitrogens with one attached hydrogen (secondary N) is 1. The van der Waals surface area contributed by atoms with Gasteiger partial charge >= 0.3 is 5.69 Å². The van der Waals surface area contributed by atoms with Crippen molar-refractivity contribution in [3.8, 4) is 17.2 Å². The number of anilines is 1. The molecule has 0 bridgehead atoms. The van der Waals surface area contributed by atoms with Crippen LogP contribution in [0.25, 0.3) is 0 Å². The number of carbonyl (C=O) groups excluding carboxylic acids is 2. The highest BCUT2D eigenvalue weighted by atomic mass is 35.5. The summed E-state index contributed by atoms with van der Waals surface area (Å²) in [6.07, 6.45) is 1.80. The Balaban J connectivity index is 2.07. The second kappa shape index (κ2) is 9.73. The number of likely N-dealkylation sites (tertiary alicyclic amines) is 1. The minimum absolute atomic E-state index is 0.0223. The molecule has 1 fully saturated rings. The number of nitro groups is 1. The maximum Gasteiger partial charge on any atom is 0.327 e. The molecule has 11 heteroatoms. The Morgan fingerprint density at radius 2 is 1.69 bits per heavy atom. The van der Waals surface area contributed by atoms with Gasteiger partial charge in [0.05, 0.1) is 37.5 Å². The van der Waals surface area contributed by atoms with Crippen LogP contribution in [0.15, 0.2) is 24.3 Å². The van der Waals surface area contributed by atoms with Crippen molar-refractivity contribution in [2.24, 2.45) is 0 Å². The van der Waals surface area contributed by atoms with E-state index in [1.54, 1.807) is 11.0 Å². The first-order chi connectivity index (χ1) is 15.3. The lowest BCUT2D eigenvalue weighted by Gasteiger charge is -2.19. The number of nitro benzene ring substituents is 1. The SMILES string of the molecule is COc1cc(C(=O)Nc2cc(Cl)ccc2C(=O)N2CCCC2)c([N+](=O)[O-])c(OC)c1OC. The smallest absolute Gasteiger partial charge is 0.327 e. The summed E-state index contributed by atoms with van der Waals surface area (Å²) in [6.45, 7) is 1.24. The molecule has 2 amide bonds. The summed E-state index contributed by atoms with van der Waals surface area (Å²) < 4.78 is 15.5. The Labute approximate surface area is 189 Å². The van der Waals surface area contributed by atoms with E-state index < -0.39 is 16.5 Å². The normalized spacial score (nSPS) is 12.9. The maximum atomic E-state index is 13.1. The molecular weight excluding hydrogens is 442 g/mol. The number of halogens is 1. The molecule has 0 saturated carbocycles. The van der Waals surface area contributed by atoms with Crippen LogP contribution < -0.4 is 19.5 Å². The first-order valence-corrected chi connectivity index (χ1v) is 10.1. The number of amides is 2. The van der Waals surface area contributed by atoms with Crippen LogP contribution in [0.1, 0.15) is 33.6 Å². The minimum Gasteiger partial charge on any atom is -0.493 e. The second-order valence-corrected chi connectivity index (χ2v) is 7.38. The summed E-state index contributed by atoms with van der Waals surface area (Å²) in [5.74, 6) is -1.31. The Hall–Kier alpha value is -3.53. The van der Waals surface area contributed by atoms with Crippen molar-refractivity contribution < 1.29 is 28.7 Å². The fourth-order valence-corrected chi connectivity index (χ4v) is 3.75. The number of nitrogens with zero attached hydrogens (tertiary/aromatic N) is 2. The number of rotatable bonds is 7. The Bertz CT molecular complexity index is 1070. The van der Waals surface area contributed by atoms with Gasteiger partial charge in [-0.1, -0.05) is 11.6 Å². The first kappa shape index (κ1) is 23.1. The van der Waals surface area contributed by atoms with Gasteiger partial charge in [-0.3, -0.25) is 19.7 Å². The Kier molecular flexibility index (Phi) is 7.04. The zero-order valence-electron chi connectivity index (χ0n) is 17.8. The summed E-state index contributed by atoms with van der Waals surface area (Å²) in [5, 5.41) is 14.7. The van der Waals surface area contributed by atoms with Crippen LogP contribution in [0.2, 0.25) is 5.02 Å². The van der Waals surface area contributed by atoms with E-state index in [9.17, 15) is 19.7 Å². The molecule has 1 heterocycles. The van der Waals surface area contributed by atoms with E-state index in [1.165, 1.54) is 39.5 Å². The molecule has 170 valence electrons. The number of methoxy groups -OCH3 is 3. The molecule has 2 aromatic carbocycles. The molecule has 0 radical (unpaired) electrons. The zero-order chi connectivity index (χ0) is 23.4. The molecule has 3 rings (SSSR count). The molecule has 1 aliphatic rings. The highest BCUT2D eigenvalue weighted by Crippen LogP contribution is 2.46. The molecule has 0 atom stereocenters. The highest BCUT2D eigenvalue weighted by molar-refractivity contribution is 6.31. The summed E-state index contributed by atoms with van der Waals surface area (Å²) in [4.78, 5) is 38.8. The third-order valence-electron chi connectivity index (χ3n) is 5.08. The standard InChI is InChI=1S/C21H22ClN3O7/c1-30-16-11-14(17(25(28)29)19(32-3)18(16)31-2)20(26)23-15-10-12(22)6-7-13(15)21(27)24-8-4-5-9-24/h6-7,10-11H,4-5,8-9H2,1-3H3,(H,23,26). The van der Waals surface area contributed by atoms with Crippen molar-refractivity contribution >= 4 is 34.8 Å². The third kappa shape index (κ3) is 4.40. The van der Waals surface area contributed by atoms with E-state index in [-0.39, 0.29) is 45.0 Å². The average molecular weight is 464 g/mol. The predicted molar refractivity (Wildman–Crippen MR) is 117 cm³/mol. The topological polar surface area (TPSA) is 120 Å². The van der Waals surface area contributed by atoms with Gasteiger partial charge in [0.15, 0.2) is 5.75 Å². The largest absolute Gasteiger partial charge is 0.493 e. The molecule has 0 aliphatic carbocycles. The molecule has 0 spiro atoms. The zero-order valence-corrected chi connectivity index (χ0v) is 18.5. The van der Waals surface area contributed by atoms with Crippen LogP contribution in [-0.2, 0) is 0 Å². The molecule has 32 heavy (non-hydrogen) atoms. The van der Waals surface area contributed by atoms with Crippen LogP contribution in [0.5, 0.6) is 17.2 Å². The quantitative estimate of drug-likeness (QED) is 0.490. The van der Waals surface area contributed by atoms with Crippen molar-refractivity contribution in [2.45, 2.75) is 12.8 Å². The number of hydrogen-bond donors (Lipinski definition) is 1. The molecular formula is C21H22ClN3O7. The van der Waals surface area contributed by atoms with E-state index >= 15 is 0 Å². The molecule has 0 aromatic heterocycles. The highest BCUT2D eigenvalue weighted by Gasteiger charge is 2.33. The Morgan fingerprint density at radius 1 is 1.03 bits per heavy atom. The minimum atomic E-state index is -0.839. The summed E-state index contributed by atoms with van der Waals surface area (Å²) in [7, 11) is 3.84. The number of carbonyl (C=O) groups is 2. The summed E-state index contributed by atoms with van der Waals surface area (Å²) in [6, 6.07) is 5.67. The molecule has 0 unspecified atom stereocenters. The lowest BCUT2D eigenvalue weighted by Crippen LogP contribution is -2.29. The van der Waals surface area contributed by atoms with Crippen molar-refractivity contribution in [1.82, 2.24) is 4.90 Å². The van der Waals surface area contributed by atoms with Gasteiger partial charge in [-0.15, -0.1) is 0 Å². The van der Waals surface area contributed by atoms with Crippen molar-refractivity contribution in [2.75, 3.05) is 39.7 Å². The van der Waals surface area contributed by atoms with Crippen LogP contribution in [0, 0.1) is 10.1 Å². The van der Waals surface area contributed by atoms with Crippen molar-refractivity contribution in [1.29, 1.82) is 0 Å². The average Bonchev–Trinajstić information content (AvgIpc) is 3.31. The molecule has 10 nitrogen and oxygen atoms in total. The van der Waals surface area contributed by atoms with Gasteiger partial charge in [-0.05, 0) is 31.0 Å². The van der Waals surface area contributed by atoms with Crippen molar-refractivity contribution in [3.63, 3.8) is 0 Å². The molecule has 2 aromatic rings. The molecule has 1 N–H and O–H groups in total. The second-order valence-electron chi connectivity index (χ2n) is 6.94. The monoisotopic (exact) mass is 463 g/mol. The van der Waals surface area contributed by atoms with Gasteiger partial charge in [0.2, 0.25) is 11.5 Å². The van der Waals surface area contributed by atoms with E-state index in [0.717, 1.165) is 12.8 Å². The first-order valence-electron chi connectivity index (χ1n) is 9.69. The fourth-order valence-electron chi connectivity index (χ4n) is 3.58. The fraction of sp³-hybridized carbons (Fsp3) is 0.333. The van der Waals surface area contributed by atoms with Crippen LogP contribution in [0.3, 0.4) is 0 Å². The lowest BCUT2D eigenvalue weighted by atomic mass is 10.1. The van der Waals surface area contributed by atoms with Gasteiger partial charge < -0.3 is 24.4 Å². The summed E-state index contributed by atoms with van der Waals surface area (Å²) >= 11 is 6.09. The van der Waals surface area contributed by atoms with Gasteiger partial charge in [-0.25, -0.2) is 0 Å².